The Balaban J connectivity index is 2.52. The molecule has 1 atom stereocenters. The number of nitrogens with two attached hydrogens (primary N) is 1. The highest BCUT2D eigenvalue weighted by Crippen LogP contribution is 2.09. The number of ether oxygens (including phenoxy) is 2. The lowest BCUT2D eigenvalue weighted by Crippen LogP contribution is -2.47. The lowest BCUT2D eigenvalue weighted by Gasteiger charge is -2.16. The standard InChI is InChI=1S/C15H22N2O4/c1-11-5-3-4-6-12(11)9-13(15(16)19)17-14(18)10-21-8-7-20-2/h3-6,13H,7-10H2,1-2H3,(H2,16,19)(H,17,18)/t13-/m1/s1. The molecule has 116 valence electrons. The van der Waals surface area contributed by atoms with Crippen molar-refractivity contribution in [3.05, 3.63) is 35.4 Å². The smallest absolute Gasteiger partial charge is 0.246 e. The molecule has 0 bridgehead atoms. The normalized spacial score (nSPS) is 11.9. The highest BCUT2D eigenvalue weighted by atomic mass is 16.5. The van der Waals surface area contributed by atoms with Gasteiger partial charge in [-0.2, -0.15) is 0 Å². The fourth-order valence-electron chi connectivity index (χ4n) is 1.82. The lowest BCUT2D eigenvalue weighted by atomic mass is 10.0. The van der Waals surface area contributed by atoms with Crippen molar-refractivity contribution in [2.75, 3.05) is 26.9 Å². The SMILES string of the molecule is COCCOCC(=O)N[C@H](Cc1ccccc1C)C(N)=O. The van der Waals surface area contributed by atoms with E-state index in [-0.39, 0.29) is 12.5 Å². The molecule has 0 spiro atoms. The number of methoxy groups -OCH3 is 1. The average molecular weight is 294 g/mol. The molecule has 0 heterocycles. The summed E-state index contributed by atoms with van der Waals surface area (Å²) in [5, 5.41) is 2.59. The summed E-state index contributed by atoms with van der Waals surface area (Å²) in [4.78, 5) is 23.2. The van der Waals surface area contributed by atoms with Crippen LogP contribution in [0.15, 0.2) is 24.3 Å². The first kappa shape index (κ1) is 17.1. The van der Waals surface area contributed by atoms with Crippen molar-refractivity contribution in [1.82, 2.24) is 5.32 Å². The van der Waals surface area contributed by atoms with E-state index in [1.807, 2.05) is 31.2 Å². The fourth-order valence-corrected chi connectivity index (χ4v) is 1.82. The van der Waals surface area contributed by atoms with Crippen molar-refractivity contribution in [3.8, 4) is 0 Å². The van der Waals surface area contributed by atoms with Crippen LogP contribution in [0.4, 0.5) is 0 Å². The van der Waals surface area contributed by atoms with E-state index in [0.717, 1.165) is 11.1 Å². The summed E-state index contributed by atoms with van der Waals surface area (Å²) in [6.07, 6.45) is 0.367. The third kappa shape index (κ3) is 6.37. The third-order valence-corrected chi connectivity index (χ3v) is 3.03. The molecule has 0 saturated heterocycles. The van der Waals surface area contributed by atoms with Gasteiger partial charge in [-0.15, -0.1) is 0 Å². The van der Waals surface area contributed by atoms with Gasteiger partial charge in [0.05, 0.1) is 13.2 Å². The minimum absolute atomic E-state index is 0.124. The van der Waals surface area contributed by atoms with E-state index in [4.69, 9.17) is 15.2 Å². The van der Waals surface area contributed by atoms with Gasteiger partial charge in [-0.05, 0) is 18.1 Å². The minimum atomic E-state index is -0.746. The fraction of sp³-hybridized carbons (Fsp3) is 0.467. The summed E-state index contributed by atoms with van der Waals surface area (Å²) in [7, 11) is 1.55. The molecular weight excluding hydrogens is 272 g/mol. The largest absolute Gasteiger partial charge is 0.382 e. The summed E-state index contributed by atoms with van der Waals surface area (Å²) >= 11 is 0. The molecule has 6 nitrogen and oxygen atoms in total. The highest BCUT2D eigenvalue weighted by Gasteiger charge is 2.19. The van der Waals surface area contributed by atoms with Gasteiger partial charge in [0.2, 0.25) is 11.8 Å². The highest BCUT2D eigenvalue weighted by molar-refractivity contribution is 5.87. The molecule has 1 rings (SSSR count). The second-order valence-corrected chi connectivity index (χ2v) is 4.70. The maximum Gasteiger partial charge on any atom is 0.246 e. The van der Waals surface area contributed by atoms with Crippen LogP contribution in [-0.2, 0) is 25.5 Å². The molecule has 1 aromatic carbocycles. The molecular formula is C15H22N2O4. The zero-order chi connectivity index (χ0) is 15.7. The van der Waals surface area contributed by atoms with E-state index >= 15 is 0 Å². The molecule has 6 heteroatoms. The van der Waals surface area contributed by atoms with E-state index in [0.29, 0.717) is 19.6 Å². The van der Waals surface area contributed by atoms with Crippen molar-refractivity contribution in [2.45, 2.75) is 19.4 Å². The molecule has 0 unspecified atom stereocenters. The second-order valence-electron chi connectivity index (χ2n) is 4.70. The van der Waals surface area contributed by atoms with Gasteiger partial charge in [-0.25, -0.2) is 0 Å². The Morgan fingerprint density at radius 2 is 2.00 bits per heavy atom. The van der Waals surface area contributed by atoms with Crippen LogP contribution in [0.3, 0.4) is 0 Å². The van der Waals surface area contributed by atoms with Crippen LogP contribution >= 0.6 is 0 Å². The monoisotopic (exact) mass is 294 g/mol. The number of rotatable bonds is 9. The molecule has 21 heavy (non-hydrogen) atoms. The van der Waals surface area contributed by atoms with Gasteiger partial charge in [-0.1, -0.05) is 24.3 Å². The summed E-state index contributed by atoms with van der Waals surface area (Å²) in [5.74, 6) is -0.938. The number of hydrogen-bond acceptors (Lipinski definition) is 4. The van der Waals surface area contributed by atoms with E-state index in [1.165, 1.54) is 0 Å². The molecule has 3 N–H and O–H groups in total. The van der Waals surface area contributed by atoms with Crippen molar-refractivity contribution >= 4 is 11.8 Å². The summed E-state index contributed by atoms with van der Waals surface area (Å²) in [5.41, 5.74) is 7.37. The van der Waals surface area contributed by atoms with Gasteiger partial charge >= 0.3 is 0 Å². The van der Waals surface area contributed by atoms with Crippen molar-refractivity contribution in [1.29, 1.82) is 0 Å². The Morgan fingerprint density at radius 1 is 1.29 bits per heavy atom. The summed E-state index contributed by atoms with van der Waals surface area (Å²) in [6, 6.07) is 6.91. The Bertz CT molecular complexity index is 476. The Kier molecular flexibility index (Phi) is 7.42. The number of aryl methyl sites for hydroxylation is 1. The van der Waals surface area contributed by atoms with Gasteiger partial charge in [0.25, 0.3) is 0 Å². The minimum Gasteiger partial charge on any atom is -0.382 e. The van der Waals surface area contributed by atoms with E-state index in [1.54, 1.807) is 7.11 Å². The Hall–Kier alpha value is -1.92. The lowest BCUT2D eigenvalue weighted by molar-refractivity contribution is -0.130. The van der Waals surface area contributed by atoms with E-state index < -0.39 is 11.9 Å². The van der Waals surface area contributed by atoms with Crippen molar-refractivity contribution < 1.29 is 19.1 Å². The second kappa shape index (κ2) is 9.10. The van der Waals surface area contributed by atoms with Crippen LogP contribution in [0.5, 0.6) is 0 Å². The van der Waals surface area contributed by atoms with Crippen LogP contribution in [0.25, 0.3) is 0 Å². The third-order valence-electron chi connectivity index (χ3n) is 3.03. The number of primary amides is 1. The Morgan fingerprint density at radius 3 is 2.62 bits per heavy atom. The van der Waals surface area contributed by atoms with Crippen molar-refractivity contribution in [3.63, 3.8) is 0 Å². The van der Waals surface area contributed by atoms with E-state index in [9.17, 15) is 9.59 Å². The van der Waals surface area contributed by atoms with Gasteiger partial charge in [0.15, 0.2) is 0 Å². The van der Waals surface area contributed by atoms with Crippen LogP contribution in [0, 0.1) is 6.92 Å². The zero-order valence-electron chi connectivity index (χ0n) is 12.4. The van der Waals surface area contributed by atoms with Crippen LogP contribution < -0.4 is 11.1 Å². The zero-order valence-corrected chi connectivity index (χ0v) is 12.4. The summed E-state index contributed by atoms with van der Waals surface area (Å²) < 4.78 is 9.91. The first-order chi connectivity index (χ1) is 10.0. The number of hydrogen-bond donors (Lipinski definition) is 2. The maximum absolute atomic E-state index is 11.7. The molecule has 0 aliphatic carbocycles. The first-order valence-electron chi connectivity index (χ1n) is 6.74. The first-order valence-corrected chi connectivity index (χ1v) is 6.74. The summed E-state index contributed by atoms with van der Waals surface area (Å²) in [6.45, 7) is 2.56. The van der Waals surface area contributed by atoms with Crippen LogP contribution in [0.2, 0.25) is 0 Å². The predicted octanol–water partition coefficient (Wildman–Crippen LogP) is 0.171. The number of benzene rings is 1. The molecule has 1 aromatic rings. The number of carbonyl (C=O) groups excluding carboxylic acids is 2. The van der Waals surface area contributed by atoms with Gasteiger partial charge < -0.3 is 20.5 Å². The quantitative estimate of drug-likeness (QED) is 0.635. The molecule has 0 aliphatic rings. The van der Waals surface area contributed by atoms with Gasteiger partial charge in [-0.3, -0.25) is 9.59 Å². The van der Waals surface area contributed by atoms with Gasteiger partial charge in [0.1, 0.15) is 12.6 Å². The number of carbonyl (C=O) groups is 2. The molecule has 0 aromatic heterocycles. The number of nitrogens with one attached hydrogen (secondary N) is 1. The number of amides is 2. The topological polar surface area (TPSA) is 90.7 Å². The molecule has 0 saturated carbocycles. The predicted molar refractivity (Wildman–Crippen MR) is 78.7 cm³/mol. The Labute approximate surface area is 124 Å². The molecule has 2 amide bonds. The van der Waals surface area contributed by atoms with Crippen molar-refractivity contribution in [2.24, 2.45) is 5.73 Å². The van der Waals surface area contributed by atoms with Crippen LogP contribution in [0.1, 0.15) is 11.1 Å². The van der Waals surface area contributed by atoms with Gasteiger partial charge in [0, 0.05) is 13.5 Å². The molecule has 0 aliphatic heterocycles. The molecule has 0 radical (unpaired) electrons. The average Bonchev–Trinajstić information content (AvgIpc) is 2.45. The molecule has 0 fully saturated rings. The van der Waals surface area contributed by atoms with E-state index in [2.05, 4.69) is 5.32 Å². The van der Waals surface area contributed by atoms with Crippen LogP contribution in [-0.4, -0.2) is 44.8 Å². The maximum atomic E-state index is 11.7.